The Labute approximate surface area is 147 Å². The van der Waals surface area contributed by atoms with E-state index in [-0.39, 0.29) is 5.91 Å². The van der Waals surface area contributed by atoms with E-state index in [1.54, 1.807) is 12.4 Å². The highest BCUT2D eigenvalue weighted by atomic mass is 16.5. The zero-order valence-electron chi connectivity index (χ0n) is 14.4. The van der Waals surface area contributed by atoms with Crippen molar-refractivity contribution in [3.8, 4) is 0 Å². The number of nitrogens with zero attached hydrogens (tertiary/aromatic N) is 4. The fraction of sp³-hybridized carbons (Fsp3) is 0.421. The number of benzene rings is 1. The summed E-state index contributed by atoms with van der Waals surface area (Å²) in [4.78, 5) is 25.7. The number of rotatable bonds is 2. The summed E-state index contributed by atoms with van der Waals surface area (Å²) in [6.45, 7) is 5.13. The highest BCUT2D eigenvalue weighted by Crippen LogP contribution is 2.22. The third kappa shape index (κ3) is 3.22. The zero-order chi connectivity index (χ0) is 17.2. The van der Waals surface area contributed by atoms with E-state index in [1.165, 1.54) is 11.1 Å². The summed E-state index contributed by atoms with van der Waals surface area (Å²) in [7, 11) is 0. The van der Waals surface area contributed by atoms with Crippen LogP contribution in [0.2, 0.25) is 0 Å². The van der Waals surface area contributed by atoms with Crippen molar-refractivity contribution in [2.45, 2.75) is 26.0 Å². The summed E-state index contributed by atoms with van der Waals surface area (Å²) in [6.07, 6.45) is 3.84. The van der Waals surface area contributed by atoms with Gasteiger partial charge in [0, 0.05) is 32.0 Å². The summed E-state index contributed by atoms with van der Waals surface area (Å²) in [6, 6.07) is 8.34. The number of aryl methyl sites for hydroxylation is 1. The SMILES string of the molecule is Cc1nccnc1N1CCOC(C(=O)N2CCc3ccccc3C2)C1. The van der Waals surface area contributed by atoms with E-state index in [1.807, 2.05) is 17.9 Å². The molecule has 1 saturated heterocycles. The van der Waals surface area contributed by atoms with E-state index in [9.17, 15) is 4.79 Å². The number of carbonyl (C=O) groups is 1. The molecule has 0 N–H and O–H groups in total. The van der Waals surface area contributed by atoms with Crippen LogP contribution >= 0.6 is 0 Å². The van der Waals surface area contributed by atoms with Crippen molar-refractivity contribution < 1.29 is 9.53 Å². The number of fused-ring (bicyclic) bond motifs is 1. The molecule has 130 valence electrons. The minimum Gasteiger partial charge on any atom is -0.365 e. The van der Waals surface area contributed by atoms with Crippen LogP contribution in [0.15, 0.2) is 36.7 Å². The normalized spacial score (nSPS) is 20.3. The van der Waals surface area contributed by atoms with E-state index < -0.39 is 6.10 Å². The number of aromatic nitrogens is 2. The van der Waals surface area contributed by atoms with Crippen LogP contribution in [-0.2, 0) is 22.5 Å². The fourth-order valence-electron chi connectivity index (χ4n) is 3.59. The number of anilines is 1. The van der Waals surface area contributed by atoms with Gasteiger partial charge in [0.1, 0.15) is 5.82 Å². The van der Waals surface area contributed by atoms with Gasteiger partial charge in [-0.1, -0.05) is 24.3 Å². The average Bonchev–Trinajstić information content (AvgIpc) is 2.67. The molecule has 6 nitrogen and oxygen atoms in total. The first-order chi connectivity index (χ1) is 12.2. The van der Waals surface area contributed by atoms with Gasteiger partial charge in [0.15, 0.2) is 6.10 Å². The summed E-state index contributed by atoms with van der Waals surface area (Å²) in [5.41, 5.74) is 3.45. The monoisotopic (exact) mass is 338 g/mol. The van der Waals surface area contributed by atoms with Crippen LogP contribution in [-0.4, -0.2) is 53.1 Å². The average molecular weight is 338 g/mol. The Morgan fingerprint density at radius 2 is 1.96 bits per heavy atom. The number of ether oxygens (including phenoxy) is 1. The Kier molecular flexibility index (Phi) is 4.36. The molecule has 3 heterocycles. The maximum atomic E-state index is 13.0. The lowest BCUT2D eigenvalue weighted by Gasteiger charge is -2.37. The molecule has 0 radical (unpaired) electrons. The number of hydrogen-bond acceptors (Lipinski definition) is 5. The van der Waals surface area contributed by atoms with Crippen LogP contribution in [0.4, 0.5) is 5.82 Å². The summed E-state index contributed by atoms with van der Waals surface area (Å²) in [5.74, 6) is 0.910. The maximum absolute atomic E-state index is 13.0. The summed E-state index contributed by atoms with van der Waals surface area (Å²) in [5, 5.41) is 0. The quantitative estimate of drug-likeness (QED) is 0.832. The Morgan fingerprint density at radius 3 is 2.80 bits per heavy atom. The van der Waals surface area contributed by atoms with Gasteiger partial charge in [-0.25, -0.2) is 4.98 Å². The van der Waals surface area contributed by atoms with E-state index in [0.29, 0.717) is 19.7 Å². The molecule has 1 aromatic carbocycles. The first-order valence-corrected chi connectivity index (χ1v) is 8.72. The predicted molar refractivity (Wildman–Crippen MR) is 94.3 cm³/mol. The molecule has 1 fully saturated rings. The van der Waals surface area contributed by atoms with E-state index >= 15 is 0 Å². The first kappa shape index (κ1) is 16.0. The smallest absolute Gasteiger partial charge is 0.253 e. The number of amides is 1. The predicted octanol–water partition coefficient (Wildman–Crippen LogP) is 1.58. The molecule has 0 aliphatic carbocycles. The molecule has 1 atom stereocenters. The fourth-order valence-corrected chi connectivity index (χ4v) is 3.59. The molecule has 0 bridgehead atoms. The molecule has 25 heavy (non-hydrogen) atoms. The number of morpholine rings is 1. The van der Waals surface area contributed by atoms with Crippen LogP contribution in [0, 0.1) is 6.92 Å². The Bertz CT molecular complexity index is 780. The van der Waals surface area contributed by atoms with Gasteiger partial charge in [0.05, 0.1) is 18.8 Å². The molecule has 1 aromatic heterocycles. The van der Waals surface area contributed by atoms with Crippen LogP contribution in [0.3, 0.4) is 0 Å². The highest BCUT2D eigenvalue weighted by molar-refractivity contribution is 5.82. The van der Waals surface area contributed by atoms with Gasteiger partial charge in [-0.2, -0.15) is 0 Å². The van der Waals surface area contributed by atoms with Crippen molar-refractivity contribution in [1.82, 2.24) is 14.9 Å². The minimum atomic E-state index is -0.444. The third-order valence-electron chi connectivity index (χ3n) is 4.94. The van der Waals surface area contributed by atoms with Gasteiger partial charge in [0.25, 0.3) is 5.91 Å². The van der Waals surface area contributed by atoms with E-state index in [4.69, 9.17) is 4.74 Å². The molecule has 2 aliphatic heterocycles. The zero-order valence-corrected chi connectivity index (χ0v) is 14.4. The largest absolute Gasteiger partial charge is 0.365 e. The molecule has 0 spiro atoms. The van der Waals surface area contributed by atoms with E-state index in [2.05, 4.69) is 33.1 Å². The molecule has 4 rings (SSSR count). The van der Waals surface area contributed by atoms with Crippen LogP contribution in [0.5, 0.6) is 0 Å². The van der Waals surface area contributed by atoms with Gasteiger partial charge in [-0.15, -0.1) is 0 Å². The molecule has 1 amide bonds. The van der Waals surface area contributed by atoms with Crippen LogP contribution in [0.1, 0.15) is 16.8 Å². The second kappa shape index (κ2) is 6.80. The Balaban J connectivity index is 1.47. The maximum Gasteiger partial charge on any atom is 0.253 e. The Morgan fingerprint density at radius 1 is 1.16 bits per heavy atom. The first-order valence-electron chi connectivity index (χ1n) is 8.72. The van der Waals surface area contributed by atoms with Crippen LogP contribution in [0.25, 0.3) is 0 Å². The number of hydrogen-bond donors (Lipinski definition) is 0. The molecule has 1 unspecified atom stereocenters. The van der Waals surface area contributed by atoms with E-state index in [0.717, 1.165) is 31.0 Å². The standard InChI is InChI=1S/C19H22N4O2/c1-14-18(21-8-7-20-14)22-10-11-25-17(13-22)19(24)23-9-6-15-4-2-3-5-16(15)12-23/h2-5,7-8,17H,6,9-13H2,1H3. The Hall–Kier alpha value is -2.47. The van der Waals surface area contributed by atoms with Gasteiger partial charge in [0.2, 0.25) is 0 Å². The number of carbonyl (C=O) groups excluding carboxylic acids is 1. The van der Waals surface area contributed by atoms with Gasteiger partial charge in [-0.05, 0) is 24.5 Å². The van der Waals surface area contributed by atoms with Crippen molar-refractivity contribution in [3.05, 3.63) is 53.5 Å². The molecule has 6 heteroatoms. The van der Waals surface area contributed by atoms with Gasteiger partial charge in [-0.3, -0.25) is 9.78 Å². The molecule has 2 aliphatic rings. The molecular weight excluding hydrogens is 316 g/mol. The second-order valence-corrected chi connectivity index (χ2v) is 6.55. The summed E-state index contributed by atoms with van der Waals surface area (Å²) >= 11 is 0. The lowest BCUT2D eigenvalue weighted by molar-refractivity contribution is -0.145. The van der Waals surface area contributed by atoms with Gasteiger partial charge >= 0.3 is 0 Å². The third-order valence-corrected chi connectivity index (χ3v) is 4.94. The van der Waals surface area contributed by atoms with Crippen molar-refractivity contribution in [3.63, 3.8) is 0 Å². The van der Waals surface area contributed by atoms with Crippen molar-refractivity contribution in [1.29, 1.82) is 0 Å². The topological polar surface area (TPSA) is 58.6 Å². The lowest BCUT2D eigenvalue weighted by atomic mass is 9.99. The second-order valence-electron chi connectivity index (χ2n) is 6.55. The van der Waals surface area contributed by atoms with Gasteiger partial charge < -0.3 is 14.5 Å². The molecule has 2 aromatic rings. The lowest BCUT2D eigenvalue weighted by Crippen LogP contribution is -2.52. The minimum absolute atomic E-state index is 0.0701. The van der Waals surface area contributed by atoms with Crippen LogP contribution < -0.4 is 4.90 Å². The molecular formula is C19H22N4O2. The van der Waals surface area contributed by atoms with Crippen molar-refractivity contribution >= 4 is 11.7 Å². The highest BCUT2D eigenvalue weighted by Gasteiger charge is 2.32. The summed E-state index contributed by atoms with van der Waals surface area (Å²) < 4.78 is 5.79. The van der Waals surface area contributed by atoms with Crippen molar-refractivity contribution in [2.24, 2.45) is 0 Å². The van der Waals surface area contributed by atoms with Crippen molar-refractivity contribution in [2.75, 3.05) is 31.1 Å². The molecule has 0 saturated carbocycles.